The summed E-state index contributed by atoms with van der Waals surface area (Å²) in [6.45, 7) is 4.06. The molecule has 2 aromatic rings. The zero-order chi connectivity index (χ0) is 19.3. The van der Waals surface area contributed by atoms with E-state index in [-0.39, 0.29) is 19.4 Å². The highest BCUT2D eigenvalue weighted by atomic mass is 19.3. The second kappa shape index (κ2) is 6.37. The Morgan fingerprint density at radius 3 is 1.93 bits per heavy atom. The summed E-state index contributed by atoms with van der Waals surface area (Å²) < 4.78 is 51.7. The molecule has 0 aromatic heterocycles. The molecular weight excluding hydrogens is 349 g/mol. The minimum Gasteiger partial charge on any atom is -0.367 e. The number of ether oxygens (including phenoxy) is 1. The third-order valence-corrected chi connectivity index (χ3v) is 6.62. The van der Waals surface area contributed by atoms with E-state index >= 15 is 13.2 Å². The Hall–Kier alpha value is -1.81. The van der Waals surface area contributed by atoms with Crippen molar-refractivity contribution in [3.63, 3.8) is 0 Å². The van der Waals surface area contributed by atoms with Crippen LogP contribution in [0.2, 0.25) is 0 Å². The fraction of sp³-hybridized carbons (Fsp3) is 0.478. The lowest BCUT2D eigenvalue weighted by molar-refractivity contribution is -0.279. The lowest BCUT2D eigenvalue weighted by Crippen LogP contribution is -2.69. The second-order valence-corrected chi connectivity index (χ2v) is 8.27. The van der Waals surface area contributed by atoms with Gasteiger partial charge in [0.25, 0.3) is 5.92 Å². The van der Waals surface area contributed by atoms with Gasteiger partial charge in [0, 0.05) is 0 Å². The van der Waals surface area contributed by atoms with Crippen molar-refractivity contribution in [3.05, 3.63) is 70.8 Å². The number of benzene rings is 2. The molecule has 2 bridgehead atoms. The topological polar surface area (TPSA) is 9.23 Å². The molecule has 27 heavy (non-hydrogen) atoms. The van der Waals surface area contributed by atoms with Gasteiger partial charge >= 0.3 is 0 Å². The average molecular weight is 374 g/mol. The van der Waals surface area contributed by atoms with E-state index in [4.69, 9.17) is 4.74 Å². The summed E-state index contributed by atoms with van der Waals surface area (Å²) in [7, 11) is 0. The van der Waals surface area contributed by atoms with Crippen LogP contribution < -0.4 is 0 Å². The van der Waals surface area contributed by atoms with E-state index in [1.807, 2.05) is 50.2 Å². The Balaban J connectivity index is 1.59. The van der Waals surface area contributed by atoms with Gasteiger partial charge in [-0.15, -0.1) is 0 Å². The molecule has 5 rings (SSSR count). The number of alkyl halides is 3. The first-order valence-electron chi connectivity index (χ1n) is 9.58. The zero-order valence-corrected chi connectivity index (χ0v) is 15.8. The van der Waals surface area contributed by atoms with Crippen molar-refractivity contribution >= 4 is 0 Å². The van der Waals surface area contributed by atoms with Crippen LogP contribution in [0, 0.1) is 13.8 Å². The first-order chi connectivity index (χ1) is 12.8. The fourth-order valence-electron chi connectivity index (χ4n) is 4.74. The van der Waals surface area contributed by atoms with Gasteiger partial charge in [-0.2, -0.15) is 0 Å². The maximum absolute atomic E-state index is 15.3. The maximum Gasteiger partial charge on any atom is 0.290 e. The minimum atomic E-state index is -3.44. The number of aryl methyl sites for hydroxylation is 2. The van der Waals surface area contributed by atoms with Crippen LogP contribution in [0.5, 0.6) is 0 Å². The van der Waals surface area contributed by atoms with Crippen LogP contribution in [-0.2, 0) is 16.8 Å². The molecular formula is C23H25F3O. The molecule has 0 saturated heterocycles. The highest BCUT2D eigenvalue weighted by Gasteiger charge is 2.72. The Morgan fingerprint density at radius 2 is 1.37 bits per heavy atom. The predicted octanol–water partition coefficient (Wildman–Crippen LogP) is 6.06. The van der Waals surface area contributed by atoms with Gasteiger partial charge in [0.1, 0.15) is 5.60 Å². The van der Waals surface area contributed by atoms with E-state index in [1.54, 1.807) is 12.1 Å². The summed E-state index contributed by atoms with van der Waals surface area (Å²) in [5.41, 5.74) is 0.748. The number of fused-ring (bicyclic) bond motifs is 3. The Kier molecular flexibility index (Phi) is 4.38. The van der Waals surface area contributed by atoms with Crippen LogP contribution >= 0.6 is 0 Å². The van der Waals surface area contributed by atoms with E-state index in [0.717, 1.165) is 16.7 Å². The van der Waals surface area contributed by atoms with E-state index < -0.39 is 23.1 Å². The molecule has 0 heterocycles. The molecule has 2 aromatic carbocycles. The predicted molar refractivity (Wildman–Crippen MR) is 99.9 cm³/mol. The molecule has 0 radical (unpaired) electrons. The third-order valence-electron chi connectivity index (χ3n) is 6.62. The van der Waals surface area contributed by atoms with Crippen LogP contribution in [0.25, 0.3) is 0 Å². The first-order valence-corrected chi connectivity index (χ1v) is 9.58. The summed E-state index contributed by atoms with van der Waals surface area (Å²) in [6, 6.07) is 14.8. The molecule has 0 N–H and O–H groups in total. The first kappa shape index (κ1) is 18.5. The molecule has 3 saturated carbocycles. The van der Waals surface area contributed by atoms with E-state index in [9.17, 15) is 0 Å². The van der Waals surface area contributed by atoms with E-state index in [1.165, 1.54) is 0 Å². The average Bonchev–Trinajstić information content (AvgIpc) is 2.67. The van der Waals surface area contributed by atoms with Gasteiger partial charge < -0.3 is 4.74 Å². The SMILES string of the molecule is Cc1ccc(COC23CCC(c4ccc(C)cc4)(CC2)C(F)(F)C3F)cc1. The van der Waals surface area contributed by atoms with Crippen molar-refractivity contribution in [2.45, 2.75) is 69.2 Å². The molecule has 4 heteroatoms. The summed E-state index contributed by atoms with van der Waals surface area (Å²) in [5.74, 6) is -3.44. The molecule has 3 aliphatic rings. The Bertz CT molecular complexity index is 803. The highest BCUT2D eigenvalue weighted by molar-refractivity contribution is 5.36. The van der Waals surface area contributed by atoms with Crippen molar-refractivity contribution < 1.29 is 17.9 Å². The standard InChI is InChI=1S/C23H25F3O/c1-16-3-7-18(8-4-16)15-27-22-13-11-21(12-14-22,23(25,26)20(22)24)19-9-5-17(2)6-10-19/h3-10,20H,11-15H2,1-2H3. The van der Waals surface area contributed by atoms with Crippen LogP contribution in [0.4, 0.5) is 13.2 Å². The Morgan fingerprint density at radius 1 is 0.852 bits per heavy atom. The van der Waals surface area contributed by atoms with Gasteiger partial charge in [-0.05, 0) is 50.7 Å². The summed E-state index contributed by atoms with van der Waals surface area (Å²) in [4.78, 5) is 0. The molecule has 1 nitrogen and oxygen atoms in total. The molecule has 144 valence electrons. The normalized spacial score (nSPS) is 31.8. The maximum atomic E-state index is 15.3. The summed E-state index contributed by atoms with van der Waals surface area (Å²) in [6.07, 6.45) is -1.15. The van der Waals surface area contributed by atoms with Crippen molar-refractivity contribution in [2.75, 3.05) is 0 Å². The Labute approximate surface area is 158 Å². The van der Waals surface area contributed by atoms with Crippen LogP contribution in [0.1, 0.15) is 47.9 Å². The molecule has 1 unspecified atom stereocenters. The largest absolute Gasteiger partial charge is 0.367 e. The van der Waals surface area contributed by atoms with Crippen molar-refractivity contribution in [3.8, 4) is 0 Å². The fourth-order valence-corrected chi connectivity index (χ4v) is 4.74. The minimum absolute atomic E-state index is 0.161. The van der Waals surface area contributed by atoms with Crippen molar-refractivity contribution in [1.82, 2.24) is 0 Å². The number of hydrogen-bond acceptors (Lipinski definition) is 1. The molecule has 3 fully saturated rings. The van der Waals surface area contributed by atoms with Gasteiger partial charge in [-0.3, -0.25) is 0 Å². The lowest BCUT2D eigenvalue weighted by Gasteiger charge is -2.58. The number of halogens is 3. The van der Waals surface area contributed by atoms with Crippen LogP contribution in [0.3, 0.4) is 0 Å². The smallest absolute Gasteiger partial charge is 0.290 e. The lowest BCUT2D eigenvalue weighted by atomic mass is 9.53. The van der Waals surface area contributed by atoms with Gasteiger partial charge in [0.2, 0.25) is 0 Å². The van der Waals surface area contributed by atoms with Crippen molar-refractivity contribution in [2.24, 2.45) is 0 Å². The van der Waals surface area contributed by atoms with E-state index in [0.29, 0.717) is 18.4 Å². The zero-order valence-electron chi connectivity index (χ0n) is 15.8. The molecule has 0 amide bonds. The highest BCUT2D eigenvalue weighted by Crippen LogP contribution is 2.63. The molecule has 1 atom stereocenters. The summed E-state index contributed by atoms with van der Waals surface area (Å²) in [5, 5.41) is 0. The second-order valence-electron chi connectivity index (χ2n) is 8.27. The van der Waals surface area contributed by atoms with E-state index in [2.05, 4.69) is 0 Å². The molecule has 0 aliphatic heterocycles. The molecule has 3 aliphatic carbocycles. The van der Waals surface area contributed by atoms with Gasteiger partial charge in [0.05, 0.1) is 12.0 Å². The molecule has 0 spiro atoms. The summed E-state index contributed by atoms with van der Waals surface area (Å²) >= 11 is 0. The van der Waals surface area contributed by atoms with Crippen LogP contribution in [-0.4, -0.2) is 17.7 Å². The van der Waals surface area contributed by atoms with Crippen molar-refractivity contribution in [1.29, 1.82) is 0 Å². The number of hydrogen-bond donors (Lipinski definition) is 0. The quantitative estimate of drug-likeness (QED) is 0.632. The number of rotatable bonds is 4. The monoisotopic (exact) mass is 374 g/mol. The van der Waals surface area contributed by atoms with Crippen LogP contribution in [0.15, 0.2) is 48.5 Å². The third kappa shape index (κ3) is 2.80. The van der Waals surface area contributed by atoms with Gasteiger partial charge in [-0.1, -0.05) is 59.7 Å². The van der Waals surface area contributed by atoms with Gasteiger partial charge in [0.15, 0.2) is 6.17 Å². The van der Waals surface area contributed by atoms with Gasteiger partial charge in [-0.25, -0.2) is 13.2 Å².